The molecule has 1 amide bonds. The Bertz CT molecular complexity index is 655. The fraction of sp³-hybridized carbons (Fsp3) is 0.556. The highest BCUT2D eigenvalue weighted by Crippen LogP contribution is 2.38. The largest absolute Gasteiger partial charge is 0.416 e. The molecule has 1 aromatic carbocycles. The number of benzene rings is 1. The maximum Gasteiger partial charge on any atom is 0.416 e. The molecular formula is C18H21F6NO3. The van der Waals surface area contributed by atoms with Crippen LogP contribution in [-0.4, -0.2) is 32.5 Å². The van der Waals surface area contributed by atoms with Gasteiger partial charge in [-0.25, -0.2) is 0 Å². The van der Waals surface area contributed by atoms with E-state index in [1.807, 2.05) is 6.92 Å². The lowest BCUT2D eigenvalue weighted by molar-refractivity contribution is -0.143. The van der Waals surface area contributed by atoms with Crippen LogP contribution in [0.3, 0.4) is 0 Å². The van der Waals surface area contributed by atoms with Gasteiger partial charge in [-0.3, -0.25) is 4.79 Å². The van der Waals surface area contributed by atoms with Crippen molar-refractivity contribution in [3.05, 3.63) is 29.3 Å². The van der Waals surface area contributed by atoms with Gasteiger partial charge in [-0.1, -0.05) is 13.3 Å². The van der Waals surface area contributed by atoms with Crippen LogP contribution in [0.2, 0.25) is 0 Å². The van der Waals surface area contributed by atoms with E-state index in [2.05, 4.69) is 0 Å². The Labute approximate surface area is 158 Å². The smallest absolute Gasteiger partial charge is 0.381 e. The van der Waals surface area contributed by atoms with Crippen molar-refractivity contribution in [1.82, 2.24) is 0 Å². The van der Waals surface area contributed by atoms with Gasteiger partial charge in [0.15, 0.2) is 0 Å². The number of rotatable bonds is 8. The van der Waals surface area contributed by atoms with E-state index in [-0.39, 0.29) is 6.07 Å². The van der Waals surface area contributed by atoms with Crippen molar-refractivity contribution in [3.63, 3.8) is 0 Å². The van der Waals surface area contributed by atoms with Crippen molar-refractivity contribution >= 4 is 17.9 Å². The number of alkyl halides is 6. The number of carbonyl (C=O) groups is 2. The topological polar surface area (TPSA) is 46.6 Å². The molecule has 158 valence electrons. The zero-order valence-corrected chi connectivity index (χ0v) is 15.5. The van der Waals surface area contributed by atoms with E-state index < -0.39 is 53.5 Å². The Balaban J connectivity index is 3.20. The normalized spacial score (nSPS) is 14.5. The first-order valence-electron chi connectivity index (χ1n) is 8.39. The lowest BCUT2D eigenvalue weighted by Gasteiger charge is -2.25. The number of halogens is 6. The number of anilines is 1. The molecular weight excluding hydrogens is 392 g/mol. The molecule has 0 fully saturated rings. The van der Waals surface area contributed by atoms with Crippen LogP contribution in [0.5, 0.6) is 0 Å². The van der Waals surface area contributed by atoms with Crippen LogP contribution >= 0.6 is 0 Å². The Hall–Kier alpha value is -2.10. The standard InChI is InChI=1S/C18H21F6NO3/c1-4-5-15(28-3)11(10-26)6-16(27)25(2)14-8-12(17(19,20)21)7-13(9-14)18(22,23)24/h7-11,15H,4-6H2,1-3H3. The predicted octanol–water partition coefficient (Wildman–Crippen LogP) is 4.71. The lowest BCUT2D eigenvalue weighted by atomic mass is 9.95. The molecule has 4 nitrogen and oxygen atoms in total. The van der Waals surface area contributed by atoms with E-state index in [1.54, 1.807) is 0 Å². The number of aldehydes is 1. The average molecular weight is 413 g/mol. The number of amides is 1. The Kier molecular flexibility index (Phi) is 8.04. The number of nitrogens with zero attached hydrogens (tertiary/aromatic N) is 1. The number of carbonyl (C=O) groups excluding carboxylic acids is 2. The van der Waals surface area contributed by atoms with Crippen molar-refractivity contribution in [2.75, 3.05) is 19.1 Å². The molecule has 0 N–H and O–H groups in total. The minimum absolute atomic E-state index is 0.0156. The van der Waals surface area contributed by atoms with Crippen LogP contribution in [0.4, 0.5) is 32.0 Å². The summed E-state index contributed by atoms with van der Waals surface area (Å²) in [7, 11) is 2.41. The average Bonchev–Trinajstić information content (AvgIpc) is 2.61. The molecule has 0 saturated carbocycles. The van der Waals surface area contributed by atoms with Gasteiger partial charge in [0.1, 0.15) is 6.29 Å². The summed E-state index contributed by atoms with van der Waals surface area (Å²) in [4.78, 5) is 24.4. The van der Waals surface area contributed by atoms with E-state index in [0.717, 1.165) is 7.05 Å². The van der Waals surface area contributed by atoms with Gasteiger partial charge in [0.05, 0.1) is 17.2 Å². The van der Waals surface area contributed by atoms with Gasteiger partial charge in [-0.15, -0.1) is 0 Å². The SMILES string of the molecule is CCCC(OC)C(C=O)CC(=O)N(C)c1cc(C(F)(F)F)cc(C(F)(F)F)c1. The van der Waals surface area contributed by atoms with Crippen LogP contribution in [0.25, 0.3) is 0 Å². The van der Waals surface area contributed by atoms with Crippen LogP contribution in [0.15, 0.2) is 18.2 Å². The molecule has 0 aliphatic rings. The minimum Gasteiger partial charge on any atom is -0.381 e. The third-order valence-electron chi connectivity index (χ3n) is 4.27. The fourth-order valence-electron chi connectivity index (χ4n) is 2.67. The van der Waals surface area contributed by atoms with E-state index in [4.69, 9.17) is 4.74 Å². The summed E-state index contributed by atoms with van der Waals surface area (Å²) in [5, 5.41) is 0. The first-order chi connectivity index (χ1) is 12.8. The summed E-state index contributed by atoms with van der Waals surface area (Å²) in [5.41, 5.74) is -3.62. The van der Waals surface area contributed by atoms with Gasteiger partial charge in [-0.2, -0.15) is 26.3 Å². The molecule has 1 aromatic rings. The highest BCUT2D eigenvalue weighted by Gasteiger charge is 2.37. The monoisotopic (exact) mass is 413 g/mol. The molecule has 0 spiro atoms. The minimum atomic E-state index is -5.02. The molecule has 0 aliphatic heterocycles. The first-order valence-corrected chi connectivity index (χ1v) is 8.39. The van der Waals surface area contributed by atoms with Crippen LogP contribution in [0.1, 0.15) is 37.3 Å². The molecule has 0 aromatic heterocycles. The zero-order chi connectivity index (χ0) is 21.7. The molecule has 2 unspecified atom stereocenters. The van der Waals surface area contributed by atoms with Crippen LogP contribution < -0.4 is 4.90 Å². The van der Waals surface area contributed by atoms with E-state index in [0.29, 0.717) is 36.2 Å². The highest BCUT2D eigenvalue weighted by atomic mass is 19.4. The van der Waals surface area contributed by atoms with Crippen molar-refractivity contribution in [2.24, 2.45) is 5.92 Å². The summed E-state index contributed by atoms with van der Waals surface area (Å²) >= 11 is 0. The summed E-state index contributed by atoms with van der Waals surface area (Å²) in [6.07, 6.45) is -9.39. The van der Waals surface area contributed by atoms with E-state index in [1.165, 1.54) is 7.11 Å². The fourth-order valence-corrected chi connectivity index (χ4v) is 2.67. The Morgan fingerprint density at radius 2 is 1.61 bits per heavy atom. The second-order valence-electron chi connectivity index (χ2n) is 6.28. The summed E-state index contributed by atoms with van der Waals surface area (Å²) < 4.78 is 83.0. The molecule has 0 aliphatic carbocycles. The predicted molar refractivity (Wildman–Crippen MR) is 89.7 cm³/mol. The Morgan fingerprint density at radius 3 is 1.96 bits per heavy atom. The van der Waals surface area contributed by atoms with Gasteiger partial charge in [0.2, 0.25) is 5.91 Å². The quantitative estimate of drug-likeness (QED) is 0.458. The number of hydrogen-bond donors (Lipinski definition) is 0. The van der Waals surface area contributed by atoms with Crippen LogP contribution in [-0.2, 0) is 26.7 Å². The molecule has 0 radical (unpaired) electrons. The lowest BCUT2D eigenvalue weighted by Crippen LogP contribution is -2.33. The van der Waals surface area contributed by atoms with Crippen molar-refractivity contribution < 1.29 is 40.7 Å². The van der Waals surface area contributed by atoms with Crippen molar-refractivity contribution in [2.45, 2.75) is 44.6 Å². The van der Waals surface area contributed by atoms with Gasteiger partial charge >= 0.3 is 12.4 Å². The maximum atomic E-state index is 13.0. The van der Waals surface area contributed by atoms with Crippen molar-refractivity contribution in [3.8, 4) is 0 Å². The maximum absolute atomic E-state index is 13.0. The summed E-state index contributed by atoms with van der Waals surface area (Å²) in [5.74, 6) is -1.67. The van der Waals surface area contributed by atoms with Crippen molar-refractivity contribution in [1.29, 1.82) is 0 Å². The first kappa shape index (κ1) is 23.9. The molecule has 1 rings (SSSR count). The molecule has 0 heterocycles. The molecule has 2 atom stereocenters. The third kappa shape index (κ3) is 6.22. The second kappa shape index (κ2) is 9.40. The highest BCUT2D eigenvalue weighted by molar-refractivity contribution is 5.94. The van der Waals surface area contributed by atoms with E-state index >= 15 is 0 Å². The molecule has 0 saturated heterocycles. The third-order valence-corrected chi connectivity index (χ3v) is 4.27. The number of hydrogen-bond acceptors (Lipinski definition) is 3. The second-order valence-corrected chi connectivity index (χ2v) is 6.28. The van der Waals surface area contributed by atoms with Gasteiger partial charge < -0.3 is 14.4 Å². The van der Waals surface area contributed by atoms with E-state index in [9.17, 15) is 35.9 Å². The van der Waals surface area contributed by atoms with Gasteiger partial charge in [-0.05, 0) is 24.6 Å². The zero-order valence-electron chi connectivity index (χ0n) is 15.5. The Morgan fingerprint density at radius 1 is 1.11 bits per heavy atom. The summed E-state index contributed by atoms with van der Waals surface area (Å²) in [6, 6.07) is 0.907. The molecule has 28 heavy (non-hydrogen) atoms. The van der Waals surface area contributed by atoms with Gasteiger partial charge in [0, 0.05) is 32.2 Å². The number of methoxy groups -OCH3 is 1. The summed E-state index contributed by atoms with van der Waals surface area (Å²) in [6.45, 7) is 1.84. The molecule has 10 heteroatoms. The number of ether oxygens (including phenoxy) is 1. The van der Waals surface area contributed by atoms with Crippen LogP contribution in [0, 0.1) is 5.92 Å². The van der Waals surface area contributed by atoms with Gasteiger partial charge in [0.25, 0.3) is 0 Å². The molecule has 0 bridgehead atoms.